The van der Waals surface area contributed by atoms with E-state index in [2.05, 4.69) is 0 Å². The van der Waals surface area contributed by atoms with Gasteiger partial charge in [0.15, 0.2) is 0 Å². The summed E-state index contributed by atoms with van der Waals surface area (Å²) in [6, 6.07) is 0. The number of hydrogen-bond donors (Lipinski definition) is 0. The summed E-state index contributed by atoms with van der Waals surface area (Å²) in [6.45, 7) is 0.629. The zero-order valence-electron chi connectivity index (χ0n) is 5.79. The molecule has 0 fully saturated rings. The SMILES string of the molecule is CCCSP(=O)([O-])CC. The molecule has 9 heavy (non-hydrogen) atoms. The van der Waals surface area contributed by atoms with Crippen LogP contribution in [0.15, 0.2) is 0 Å². The van der Waals surface area contributed by atoms with Gasteiger partial charge in [0.05, 0.1) is 6.57 Å². The first-order valence-electron chi connectivity index (χ1n) is 3.07. The third-order valence-electron chi connectivity index (χ3n) is 0.879. The van der Waals surface area contributed by atoms with Gasteiger partial charge in [0.1, 0.15) is 0 Å². The van der Waals surface area contributed by atoms with Gasteiger partial charge in [0.2, 0.25) is 0 Å². The van der Waals surface area contributed by atoms with Crippen molar-refractivity contribution in [3.05, 3.63) is 0 Å². The van der Waals surface area contributed by atoms with Crippen molar-refractivity contribution in [1.82, 2.24) is 0 Å². The lowest BCUT2D eigenvalue weighted by Crippen LogP contribution is -1.98. The second-order valence-corrected chi connectivity index (χ2v) is 6.72. The molecular formula is C5H12O2PS-. The zero-order valence-corrected chi connectivity index (χ0v) is 7.50. The molecule has 0 amide bonds. The van der Waals surface area contributed by atoms with Crippen molar-refractivity contribution >= 4 is 18.0 Å². The highest BCUT2D eigenvalue weighted by Crippen LogP contribution is 2.49. The fourth-order valence-electron chi connectivity index (χ4n) is 0.322. The number of rotatable bonds is 4. The van der Waals surface area contributed by atoms with Gasteiger partial charge >= 0.3 is 0 Å². The molecule has 0 bridgehead atoms. The molecule has 56 valence electrons. The summed E-state index contributed by atoms with van der Waals surface area (Å²) < 4.78 is 10.7. The topological polar surface area (TPSA) is 40.1 Å². The van der Waals surface area contributed by atoms with Gasteiger partial charge in [0, 0.05) is 0 Å². The Morgan fingerprint density at radius 2 is 2.11 bits per heavy atom. The van der Waals surface area contributed by atoms with E-state index in [9.17, 15) is 9.46 Å². The smallest absolute Gasteiger partial charge is 0.0679 e. The van der Waals surface area contributed by atoms with E-state index < -0.39 is 6.57 Å². The van der Waals surface area contributed by atoms with Gasteiger partial charge in [-0.25, -0.2) is 0 Å². The lowest BCUT2D eigenvalue weighted by atomic mass is 10.6. The standard InChI is InChI=1S/C5H13O2PS/c1-3-5-9-8(6,7)4-2/h3-5H2,1-2H3,(H,6,7)/p-1. The second kappa shape index (κ2) is 4.37. The Hall–Kier alpha value is 0.540. The minimum Gasteiger partial charge on any atom is -0.792 e. The maximum Gasteiger partial charge on any atom is 0.0679 e. The van der Waals surface area contributed by atoms with E-state index in [1.54, 1.807) is 6.92 Å². The van der Waals surface area contributed by atoms with Crippen LogP contribution in [0.2, 0.25) is 0 Å². The molecule has 4 heteroatoms. The van der Waals surface area contributed by atoms with Gasteiger partial charge in [0.25, 0.3) is 0 Å². The Bertz CT molecular complexity index is 116. The molecule has 0 aliphatic carbocycles. The fraction of sp³-hybridized carbons (Fsp3) is 1.00. The average molecular weight is 167 g/mol. The Morgan fingerprint density at radius 3 is 2.44 bits per heavy atom. The van der Waals surface area contributed by atoms with Gasteiger partial charge in [-0.2, -0.15) is 0 Å². The van der Waals surface area contributed by atoms with Gasteiger partial charge in [-0.3, -0.25) is 0 Å². The van der Waals surface area contributed by atoms with Crippen LogP contribution in [0.1, 0.15) is 20.3 Å². The number of hydrogen-bond acceptors (Lipinski definition) is 3. The van der Waals surface area contributed by atoms with Crippen LogP contribution >= 0.6 is 18.0 Å². The quantitative estimate of drug-likeness (QED) is 0.598. The molecule has 0 saturated heterocycles. The molecule has 1 unspecified atom stereocenters. The molecule has 0 aromatic carbocycles. The van der Waals surface area contributed by atoms with Crippen molar-refractivity contribution in [3.8, 4) is 0 Å². The Labute approximate surface area is 60.2 Å². The van der Waals surface area contributed by atoms with Crippen molar-refractivity contribution < 1.29 is 9.46 Å². The predicted molar refractivity (Wildman–Crippen MR) is 40.9 cm³/mol. The van der Waals surface area contributed by atoms with Crippen LogP contribution in [0.3, 0.4) is 0 Å². The molecule has 1 atom stereocenters. The summed E-state index contributed by atoms with van der Waals surface area (Å²) in [7, 11) is 0. The molecule has 0 rings (SSSR count). The van der Waals surface area contributed by atoms with Crippen LogP contribution in [0.4, 0.5) is 0 Å². The highest BCUT2D eigenvalue weighted by molar-refractivity contribution is 8.55. The highest BCUT2D eigenvalue weighted by atomic mass is 32.7. The molecule has 0 radical (unpaired) electrons. The largest absolute Gasteiger partial charge is 0.792 e. The summed E-state index contributed by atoms with van der Waals surface area (Å²) in [5, 5.41) is 0. The third-order valence-corrected chi connectivity index (χ3v) is 5.14. The molecule has 0 aliphatic heterocycles. The lowest BCUT2D eigenvalue weighted by molar-refractivity contribution is -0.167. The maximum absolute atomic E-state index is 10.7. The van der Waals surface area contributed by atoms with E-state index in [1.165, 1.54) is 0 Å². The lowest BCUT2D eigenvalue weighted by Gasteiger charge is -2.19. The third kappa shape index (κ3) is 5.01. The van der Waals surface area contributed by atoms with E-state index in [4.69, 9.17) is 0 Å². The van der Waals surface area contributed by atoms with E-state index >= 15 is 0 Å². The van der Waals surface area contributed by atoms with Crippen LogP contribution in [0.5, 0.6) is 0 Å². The summed E-state index contributed by atoms with van der Waals surface area (Å²) in [5.74, 6) is 0.731. The summed E-state index contributed by atoms with van der Waals surface area (Å²) in [6.07, 6.45) is 1.20. The average Bonchev–Trinajstić information content (AvgIpc) is 1.84. The summed E-state index contributed by atoms with van der Waals surface area (Å²) in [4.78, 5) is 10.7. The van der Waals surface area contributed by atoms with Crippen molar-refractivity contribution in [2.75, 3.05) is 11.9 Å². The van der Waals surface area contributed by atoms with Crippen molar-refractivity contribution in [3.63, 3.8) is 0 Å². The van der Waals surface area contributed by atoms with Gasteiger partial charge < -0.3 is 9.46 Å². The molecule has 0 aromatic rings. The zero-order chi connectivity index (χ0) is 7.33. The van der Waals surface area contributed by atoms with Crippen LogP contribution in [-0.4, -0.2) is 11.9 Å². The normalized spacial score (nSPS) is 17.2. The first-order valence-corrected chi connectivity index (χ1v) is 6.47. The van der Waals surface area contributed by atoms with Crippen LogP contribution in [0, 0.1) is 0 Å². The van der Waals surface area contributed by atoms with Gasteiger partial charge in [-0.05, 0) is 18.3 Å². The Morgan fingerprint density at radius 1 is 1.56 bits per heavy atom. The van der Waals surface area contributed by atoms with E-state index in [-0.39, 0.29) is 6.16 Å². The fourth-order valence-corrected chi connectivity index (χ4v) is 2.89. The first-order chi connectivity index (χ1) is 4.12. The highest BCUT2D eigenvalue weighted by Gasteiger charge is 2.01. The van der Waals surface area contributed by atoms with Crippen LogP contribution in [-0.2, 0) is 4.57 Å². The van der Waals surface area contributed by atoms with E-state index in [1.807, 2.05) is 6.92 Å². The molecule has 2 nitrogen and oxygen atoms in total. The van der Waals surface area contributed by atoms with Crippen LogP contribution < -0.4 is 4.89 Å². The first kappa shape index (κ1) is 9.54. The van der Waals surface area contributed by atoms with Crippen molar-refractivity contribution in [1.29, 1.82) is 0 Å². The van der Waals surface area contributed by atoms with Crippen molar-refractivity contribution in [2.45, 2.75) is 20.3 Å². The van der Waals surface area contributed by atoms with Gasteiger partial charge in [-0.15, -0.1) is 11.4 Å². The van der Waals surface area contributed by atoms with Crippen LogP contribution in [0.25, 0.3) is 0 Å². The van der Waals surface area contributed by atoms with Crippen molar-refractivity contribution in [2.24, 2.45) is 0 Å². The minimum absolute atomic E-state index is 0.275. The van der Waals surface area contributed by atoms with E-state index in [0.29, 0.717) is 0 Å². The molecule has 0 aliphatic rings. The maximum atomic E-state index is 10.7. The van der Waals surface area contributed by atoms with Gasteiger partial charge in [-0.1, -0.05) is 13.8 Å². The molecule has 0 aromatic heterocycles. The summed E-state index contributed by atoms with van der Waals surface area (Å²) in [5.41, 5.74) is 0. The predicted octanol–water partition coefficient (Wildman–Crippen LogP) is 1.70. The Kier molecular flexibility index (Phi) is 4.63. The molecule has 0 spiro atoms. The Balaban J connectivity index is 3.46. The molecule has 0 saturated carbocycles. The second-order valence-electron chi connectivity index (χ2n) is 1.76. The molecular weight excluding hydrogens is 155 g/mol. The minimum atomic E-state index is -3.02. The van der Waals surface area contributed by atoms with E-state index in [0.717, 1.165) is 23.6 Å². The molecule has 0 heterocycles. The molecule has 0 N–H and O–H groups in total. The monoisotopic (exact) mass is 167 g/mol. The summed E-state index contributed by atoms with van der Waals surface area (Å²) >= 11 is 1.08.